The zero-order valence-electron chi connectivity index (χ0n) is 10.7. The first-order valence-corrected chi connectivity index (χ1v) is 6.99. The maximum Gasteiger partial charge on any atom is 0.240 e. The largest absolute Gasteiger partial charge is 0.334 e. The van der Waals surface area contributed by atoms with Crippen molar-refractivity contribution < 1.29 is 4.79 Å². The highest BCUT2D eigenvalue weighted by molar-refractivity contribution is 5.83. The number of hydrogen-bond donors (Lipinski definition) is 1. The maximum absolute atomic E-state index is 12.6. The molecule has 3 rings (SSSR count). The predicted molar refractivity (Wildman–Crippen MR) is 66.7 cm³/mol. The first kappa shape index (κ1) is 11.5. The Balaban J connectivity index is 1.77. The molecule has 0 bridgehead atoms. The summed E-state index contributed by atoms with van der Waals surface area (Å²) in [6, 6.07) is 0.575. The number of fused-ring (bicyclic) bond motifs is 1. The fraction of sp³-hybridized carbons (Fsp3) is 0.923. The van der Waals surface area contributed by atoms with Crippen LogP contribution in [0.4, 0.5) is 0 Å². The molecule has 96 valence electrons. The summed E-state index contributed by atoms with van der Waals surface area (Å²) in [6.07, 6.45) is 5.12. The molecule has 0 aromatic rings. The van der Waals surface area contributed by atoms with Crippen molar-refractivity contribution in [1.29, 1.82) is 0 Å². The average molecular weight is 237 g/mol. The third kappa shape index (κ3) is 1.97. The minimum Gasteiger partial charge on any atom is -0.334 e. The van der Waals surface area contributed by atoms with Gasteiger partial charge in [-0.05, 0) is 25.8 Å². The van der Waals surface area contributed by atoms with Gasteiger partial charge in [0.15, 0.2) is 0 Å². The van der Waals surface area contributed by atoms with E-state index in [0.29, 0.717) is 17.9 Å². The Labute approximate surface area is 103 Å². The molecule has 0 spiro atoms. The van der Waals surface area contributed by atoms with Crippen LogP contribution in [-0.2, 0) is 4.79 Å². The van der Waals surface area contributed by atoms with Crippen molar-refractivity contribution in [2.75, 3.05) is 33.2 Å². The van der Waals surface area contributed by atoms with Gasteiger partial charge in [0, 0.05) is 26.2 Å². The lowest BCUT2D eigenvalue weighted by Gasteiger charge is -2.48. The van der Waals surface area contributed by atoms with E-state index >= 15 is 0 Å². The molecule has 17 heavy (non-hydrogen) atoms. The van der Waals surface area contributed by atoms with Crippen LogP contribution in [0.15, 0.2) is 0 Å². The Morgan fingerprint density at radius 1 is 1.29 bits per heavy atom. The fourth-order valence-electron chi connectivity index (χ4n) is 3.85. The van der Waals surface area contributed by atoms with Gasteiger partial charge in [-0.15, -0.1) is 0 Å². The minimum absolute atomic E-state index is 0.173. The lowest BCUT2D eigenvalue weighted by Crippen LogP contribution is -2.67. The average Bonchev–Trinajstić information content (AvgIpc) is 2.83. The van der Waals surface area contributed by atoms with Crippen molar-refractivity contribution >= 4 is 5.91 Å². The van der Waals surface area contributed by atoms with Crippen LogP contribution >= 0.6 is 0 Å². The summed E-state index contributed by atoms with van der Waals surface area (Å²) in [5, 5.41) is 3.39. The molecule has 2 heterocycles. The number of likely N-dealkylation sites (N-methyl/N-ethyl adjacent to an activating group) is 1. The smallest absolute Gasteiger partial charge is 0.240 e. The van der Waals surface area contributed by atoms with Crippen molar-refractivity contribution in [2.24, 2.45) is 5.92 Å². The van der Waals surface area contributed by atoms with E-state index in [1.807, 2.05) is 0 Å². The van der Waals surface area contributed by atoms with Crippen molar-refractivity contribution in [1.82, 2.24) is 15.1 Å². The molecule has 4 nitrogen and oxygen atoms in total. The number of carbonyl (C=O) groups excluding carboxylic acids is 1. The molecule has 1 N–H and O–H groups in total. The highest BCUT2D eigenvalue weighted by Crippen LogP contribution is 2.33. The summed E-state index contributed by atoms with van der Waals surface area (Å²) in [5.41, 5.74) is 0. The van der Waals surface area contributed by atoms with Gasteiger partial charge in [0.2, 0.25) is 5.91 Å². The Bertz CT molecular complexity index is 301. The Kier molecular flexibility index (Phi) is 3.09. The normalized spacial score (nSPS) is 36.3. The molecule has 0 aromatic heterocycles. The number of amides is 1. The van der Waals surface area contributed by atoms with Gasteiger partial charge in [0.25, 0.3) is 0 Å². The molecule has 0 radical (unpaired) electrons. The number of piperazine rings is 2. The summed E-state index contributed by atoms with van der Waals surface area (Å²) in [4.78, 5) is 17.1. The van der Waals surface area contributed by atoms with Crippen LogP contribution in [0.5, 0.6) is 0 Å². The van der Waals surface area contributed by atoms with Crippen LogP contribution < -0.4 is 5.32 Å². The second-order valence-corrected chi connectivity index (χ2v) is 5.82. The molecule has 3 aliphatic rings. The first-order chi connectivity index (χ1) is 8.27. The van der Waals surface area contributed by atoms with E-state index in [2.05, 4.69) is 22.2 Å². The van der Waals surface area contributed by atoms with E-state index in [1.165, 1.54) is 25.7 Å². The van der Waals surface area contributed by atoms with Crippen LogP contribution in [0.2, 0.25) is 0 Å². The van der Waals surface area contributed by atoms with Crippen LogP contribution in [0.1, 0.15) is 25.7 Å². The zero-order valence-corrected chi connectivity index (χ0v) is 10.7. The summed E-state index contributed by atoms with van der Waals surface area (Å²) in [7, 11) is 2.13. The topological polar surface area (TPSA) is 35.6 Å². The third-order valence-electron chi connectivity index (χ3n) is 4.71. The Hall–Kier alpha value is -0.610. The molecule has 2 saturated heterocycles. The van der Waals surface area contributed by atoms with E-state index in [-0.39, 0.29) is 6.04 Å². The fourth-order valence-corrected chi connectivity index (χ4v) is 3.85. The second-order valence-electron chi connectivity index (χ2n) is 5.82. The lowest BCUT2D eigenvalue weighted by atomic mass is 9.91. The molecular formula is C13H23N3O. The zero-order chi connectivity index (χ0) is 11.8. The molecule has 1 aliphatic carbocycles. The molecule has 3 fully saturated rings. The molecule has 1 saturated carbocycles. The van der Waals surface area contributed by atoms with Crippen molar-refractivity contribution in [2.45, 2.75) is 37.8 Å². The van der Waals surface area contributed by atoms with Crippen molar-refractivity contribution in [3.05, 3.63) is 0 Å². The summed E-state index contributed by atoms with van der Waals surface area (Å²) >= 11 is 0. The minimum atomic E-state index is 0.173. The Morgan fingerprint density at radius 2 is 2.06 bits per heavy atom. The van der Waals surface area contributed by atoms with E-state index < -0.39 is 0 Å². The number of nitrogens with zero attached hydrogens (tertiary/aromatic N) is 2. The molecule has 0 aromatic carbocycles. The number of hydrogen-bond acceptors (Lipinski definition) is 3. The first-order valence-electron chi connectivity index (χ1n) is 6.99. The molecule has 4 heteroatoms. The van der Waals surface area contributed by atoms with Crippen LogP contribution in [0.3, 0.4) is 0 Å². The standard InChI is InChI=1S/C13H23N3O/c1-15-9-11-8-14-6-7-16(11)13(17)12(15)10-4-2-3-5-10/h10-12,14H,2-9H2,1H3. The van der Waals surface area contributed by atoms with Gasteiger partial charge in [-0.25, -0.2) is 0 Å². The highest BCUT2D eigenvalue weighted by Gasteiger charge is 2.43. The van der Waals surface area contributed by atoms with Gasteiger partial charge in [-0.1, -0.05) is 12.8 Å². The third-order valence-corrected chi connectivity index (χ3v) is 4.71. The van der Waals surface area contributed by atoms with E-state index in [0.717, 1.165) is 26.2 Å². The van der Waals surface area contributed by atoms with E-state index in [1.54, 1.807) is 0 Å². The van der Waals surface area contributed by atoms with Gasteiger partial charge in [0.1, 0.15) is 0 Å². The summed E-state index contributed by atoms with van der Waals surface area (Å²) < 4.78 is 0. The summed E-state index contributed by atoms with van der Waals surface area (Å²) in [5.74, 6) is 1.01. The number of nitrogens with one attached hydrogen (secondary N) is 1. The summed E-state index contributed by atoms with van der Waals surface area (Å²) in [6.45, 7) is 3.87. The Morgan fingerprint density at radius 3 is 2.82 bits per heavy atom. The van der Waals surface area contributed by atoms with Crippen LogP contribution in [0.25, 0.3) is 0 Å². The number of carbonyl (C=O) groups is 1. The monoisotopic (exact) mass is 237 g/mol. The predicted octanol–water partition coefficient (Wildman–Crippen LogP) is 0.291. The van der Waals surface area contributed by atoms with Gasteiger partial charge in [-0.2, -0.15) is 0 Å². The lowest BCUT2D eigenvalue weighted by molar-refractivity contribution is -0.148. The van der Waals surface area contributed by atoms with Gasteiger partial charge >= 0.3 is 0 Å². The van der Waals surface area contributed by atoms with Gasteiger partial charge in [0.05, 0.1) is 12.1 Å². The molecule has 2 atom stereocenters. The van der Waals surface area contributed by atoms with Crippen LogP contribution in [0, 0.1) is 5.92 Å². The number of rotatable bonds is 1. The van der Waals surface area contributed by atoms with Gasteiger partial charge in [-0.3, -0.25) is 9.69 Å². The molecule has 2 aliphatic heterocycles. The highest BCUT2D eigenvalue weighted by atomic mass is 16.2. The SMILES string of the molecule is CN1CC2CNCCN2C(=O)C1C1CCCC1. The van der Waals surface area contributed by atoms with Gasteiger partial charge < -0.3 is 10.2 Å². The quantitative estimate of drug-likeness (QED) is 0.712. The molecule has 2 unspecified atom stereocenters. The van der Waals surface area contributed by atoms with Crippen molar-refractivity contribution in [3.63, 3.8) is 0 Å². The molecular weight excluding hydrogens is 214 g/mol. The second kappa shape index (κ2) is 4.58. The maximum atomic E-state index is 12.6. The van der Waals surface area contributed by atoms with Crippen LogP contribution in [-0.4, -0.2) is 61.0 Å². The van der Waals surface area contributed by atoms with E-state index in [4.69, 9.17) is 0 Å². The molecule has 1 amide bonds. The van der Waals surface area contributed by atoms with Crippen molar-refractivity contribution in [3.8, 4) is 0 Å². The van der Waals surface area contributed by atoms with E-state index in [9.17, 15) is 4.79 Å².